The fourth-order valence-electron chi connectivity index (χ4n) is 7.28. The predicted octanol–water partition coefficient (Wildman–Crippen LogP) is 10.1. The van der Waals surface area contributed by atoms with Crippen molar-refractivity contribution in [1.29, 1.82) is 0 Å². The van der Waals surface area contributed by atoms with Crippen molar-refractivity contribution in [2.24, 2.45) is 0 Å². The van der Waals surface area contributed by atoms with E-state index in [2.05, 4.69) is 163 Å². The summed E-state index contributed by atoms with van der Waals surface area (Å²) >= 11 is 0. The average Bonchev–Trinajstić information content (AvgIpc) is 3.67. The third-order valence-electron chi connectivity index (χ3n) is 9.31. The summed E-state index contributed by atoms with van der Waals surface area (Å²) in [7, 11) is 0. The minimum atomic E-state index is -0.0657. The minimum absolute atomic E-state index is 0.0657. The highest BCUT2D eigenvalue weighted by molar-refractivity contribution is 6.11. The molecule has 0 N–H and O–H groups in total. The van der Waals surface area contributed by atoms with E-state index in [1.165, 1.54) is 44.1 Å². The molecule has 8 aromatic rings. The minimum Gasteiger partial charge on any atom is -0.309 e. The first-order chi connectivity index (χ1) is 21.1. The van der Waals surface area contributed by atoms with Gasteiger partial charge in [-0.05, 0) is 76.9 Å². The van der Waals surface area contributed by atoms with Gasteiger partial charge in [-0.1, -0.05) is 98.8 Å². The number of fused-ring (bicyclic) bond motifs is 7. The fraction of sp³-hybridized carbons (Fsp3) is 0.0750. The molecule has 43 heavy (non-hydrogen) atoms. The second kappa shape index (κ2) is 8.80. The molecular weight excluding hydrogens is 522 g/mol. The Hall–Kier alpha value is -5.41. The smallest absolute Gasteiger partial charge is 0.145 e. The Balaban J connectivity index is 1.31. The molecule has 9 rings (SSSR count). The van der Waals surface area contributed by atoms with Crippen LogP contribution >= 0.6 is 0 Å². The van der Waals surface area contributed by atoms with E-state index in [-0.39, 0.29) is 5.41 Å². The average molecular weight is 552 g/mol. The fourth-order valence-corrected chi connectivity index (χ4v) is 7.28. The summed E-state index contributed by atoms with van der Waals surface area (Å²) in [5.41, 5.74) is 13.3. The van der Waals surface area contributed by atoms with Crippen LogP contribution in [0, 0.1) is 0 Å². The normalized spacial score (nSPS) is 13.5. The van der Waals surface area contributed by atoms with Crippen LogP contribution in [-0.2, 0) is 5.41 Å². The van der Waals surface area contributed by atoms with E-state index in [0.29, 0.717) is 0 Å². The van der Waals surface area contributed by atoms with Crippen LogP contribution in [0.4, 0.5) is 0 Å². The van der Waals surface area contributed by atoms with Gasteiger partial charge in [-0.2, -0.15) is 0 Å². The molecule has 0 spiro atoms. The molecule has 0 saturated heterocycles. The van der Waals surface area contributed by atoms with Crippen molar-refractivity contribution in [1.82, 2.24) is 14.1 Å². The van der Waals surface area contributed by atoms with Gasteiger partial charge in [0.05, 0.1) is 22.1 Å². The molecule has 204 valence electrons. The van der Waals surface area contributed by atoms with Crippen molar-refractivity contribution in [2.75, 3.05) is 0 Å². The van der Waals surface area contributed by atoms with E-state index in [1.54, 1.807) is 0 Å². The Morgan fingerprint density at radius 1 is 0.488 bits per heavy atom. The van der Waals surface area contributed by atoms with Gasteiger partial charge in [0.1, 0.15) is 5.82 Å². The van der Waals surface area contributed by atoms with Crippen molar-refractivity contribution < 1.29 is 0 Å². The lowest BCUT2D eigenvalue weighted by molar-refractivity contribution is 0.661. The van der Waals surface area contributed by atoms with Gasteiger partial charge >= 0.3 is 0 Å². The van der Waals surface area contributed by atoms with Crippen LogP contribution in [0.15, 0.2) is 140 Å². The number of rotatable bonds is 3. The molecule has 0 saturated carbocycles. The maximum absolute atomic E-state index is 5.15. The summed E-state index contributed by atoms with van der Waals surface area (Å²) in [6.45, 7) is 4.70. The second-order valence-corrected chi connectivity index (χ2v) is 12.1. The quantitative estimate of drug-likeness (QED) is 0.214. The molecule has 0 unspecified atom stereocenters. The molecule has 3 heteroatoms. The molecule has 0 bridgehead atoms. The number of benzene rings is 6. The molecule has 6 aromatic carbocycles. The van der Waals surface area contributed by atoms with Crippen LogP contribution in [-0.4, -0.2) is 14.1 Å². The Morgan fingerprint density at radius 2 is 1.21 bits per heavy atom. The molecule has 2 heterocycles. The highest BCUT2D eigenvalue weighted by Gasteiger charge is 2.36. The zero-order chi connectivity index (χ0) is 28.7. The van der Waals surface area contributed by atoms with Crippen LogP contribution < -0.4 is 0 Å². The van der Waals surface area contributed by atoms with Gasteiger partial charge in [-0.3, -0.25) is 4.57 Å². The Morgan fingerprint density at radius 3 is 2.09 bits per heavy atom. The molecule has 0 amide bonds. The highest BCUT2D eigenvalue weighted by Crippen LogP contribution is 2.51. The molecule has 1 aliphatic carbocycles. The van der Waals surface area contributed by atoms with Gasteiger partial charge < -0.3 is 4.57 Å². The lowest BCUT2D eigenvalue weighted by atomic mass is 9.82. The van der Waals surface area contributed by atoms with Crippen LogP contribution in [0.25, 0.3) is 66.7 Å². The Labute approximate surface area is 250 Å². The largest absolute Gasteiger partial charge is 0.309 e. The lowest BCUT2D eigenvalue weighted by Crippen LogP contribution is -2.14. The van der Waals surface area contributed by atoms with Gasteiger partial charge in [0.15, 0.2) is 0 Å². The van der Waals surface area contributed by atoms with Crippen LogP contribution in [0.2, 0.25) is 0 Å². The first-order valence-corrected chi connectivity index (χ1v) is 14.9. The van der Waals surface area contributed by atoms with Crippen molar-refractivity contribution in [3.63, 3.8) is 0 Å². The summed E-state index contributed by atoms with van der Waals surface area (Å²) in [4.78, 5) is 5.15. The Kier molecular flexibility index (Phi) is 4.95. The number of aromatic nitrogens is 3. The maximum atomic E-state index is 5.15. The van der Waals surface area contributed by atoms with E-state index >= 15 is 0 Å². The summed E-state index contributed by atoms with van der Waals surface area (Å²) in [5, 5.41) is 2.55. The predicted molar refractivity (Wildman–Crippen MR) is 178 cm³/mol. The zero-order valence-corrected chi connectivity index (χ0v) is 24.1. The summed E-state index contributed by atoms with van der Waals surface area (Å²) in [6, 6.07) is 50.3. The van der Waals surface area contributed by atoms with Crippen molar-refractivity contribution in [2.45, 2.75) is 19.3 Å². The topological polar surface area (TPSA) is 22.8 Å². The third kappa shape index (κ3) is 3.39. The number of hydrogen-bond acceptors (Lipinski definition) is 1. The van der Waals surface area contributed by atoms with Gasteiger partial charge in [0.2, 0.25) is 0 Å². The molecule has 0 fully saturated rings. The zero-order valence-electron chi connectivity index (χ0n) is 24.1. The van der Waals surface area contributed by atoms with Crippen molar-refractivity contribution >= 4 is 32.8 Å². The Bertz CT molecular complexity index is 2370. The molecule has 0 atom stereocenters. The van der Waals surface area contributed by atoms with E-state index in [1.807, 2.05) is 0 Å². The van der Waals surface area contributed by atoms with Gasteiger partial charge in [-0.15, -0.1) is 0 Å². The standard InChI is InChI=1S/C40H29N3/c1-40(2)33-19-8-6-17-29(33)31-24-32-30-18-7-10-21-36(30)42(38(32)25-34(31)40)28-16-12-13-26(23-28)39-41-35-20-9-11-22-37(35)43(39)27-14-4-3-5-15-27/h3-25H,1-2H3. The SMILES string of the molecule is CC1(C)c2ccccc2-c2cc3c4ccccc4n(-c4cccc(-c5nc6ccccc6n5-c5ccccc5)c4)c3cc21. The summed E-state index contributed by atoms with van der Waals surface area (Å²) in [5.74, 6) is 0.937. The molecule has 2 aromatic heterocycles. The van der Waals surface area contributed by atoms with Crippen LogP contribution in [0.1, 0.15) is 25.0 Å². The highest BCUT2D eigenvalue weighted by atomic mass is 15.1. The van der Waals surface area contributed by atoms with Crippen molar-refractivity contribution in [3.8, 4) is 33.9 Å². The summed E-state index contributed by atoms with van der Waals surface area (Å²) in [6.07, 6.45) is 0. The molecule has 0 aliphatic heterocycles. The lowest BCUT2D eigenvalue weighted by Gasteiger charge is -2.21. The molecular formula is C40H29N3. The monoisotopic (exact) mass is 551 g/mol. The second-order valence-electron chi connectivity index (χ2n) is 12.1. The first kappa shape index (κ1) is 24.2. The van der Waals surface area contributed by atoms with E-state index < -0.39 is 0 Å². The molecule has 1 aliphatic rings. The van der Waals surface area contributed by atoms with Crippen molar-refractivity contribution in [3.05, 3.63) is 151 Å². The van der Waals surface area contributed by atoms with Gasteiger partial charge in [-0.25, -0.2) is 4.98 Å². The van der Waals surface area contributed by atoms with Crippen LogP contribution in [0.5, 0.6) is 0 Å². The van der Waals surface area contributed by atoms with Gasteiger partial charge in [0, 0.05) is 33.1 Å². The van der Waals surface area contributed by atoms with E-state index in [9.17, 15) is 0 Å². The molecule has 0 radical (unpaired) electrons. The summed E-state index contributed by atoms with van der Waals surface area (Å²) < 4.78 is 4.70. The number of nitrogens with zero attached hydrogens (tertiary/aromatic N) is 3. The van der Waals surface area contributed by atoms with E-state index in [4.69, 9.17) is 4.98 Å². The maximum Gasteiger partial charge on any atom is 0.145 e. The van der Waals surface area contributed by atoms with E-state index in [0.717, 1.165) is 33.8 Å². The number of para-hydroxylation sites is 4. The number of hydrogen-bond donors (Lipinski definition) is 0. The first-order valence-electron chi connectivity index (χ1n) is 14.9. The van der Waals surface area contributed by atoms with Crippen LogP contribution in [0.3, 0.4) is 0 Å². The van der Waals surface area contributed by atoms with Gasteiger partial charge in [0.25, 0.3) is 0 Å². The number of imidazole rings is 1. The third-order valence-corrected chi connectivity index (χ3v) is 9.31. The molecule has 3 nitrogen and oxygen atoms in total.